The van der Waals surface area contributed by atoms with Gasteiger partial charge < -0.3 is 10.5 Å². The monoisotopic (exact) mass is 253 g/mol. The molecule has 6 heteroatoms. The molecule has 1 atom stereocenters. The van der Waals surface area contributed by atoms with Crippen LogP contribution in [0.25, 0.3) is 0 Å². The Bertz CT molecular complexity index is 368. The molecule has 2 N–H and O–H groups in total. The fourth-order valence-corrected chi connectivity index (χ4v) is 1.55. The van der Waals surface area contributed by atoms with Crippen LogP contribution < -0.4 is 10.5 Å². The second-order valence-electron chi connectivity index (χ2n) is 3.22. The molecule has 0 aromatic heterocycles. The molecule has 0 aliphatic heterocycles. The fraction of sp³-hybridized carbons (Fsp3) is 0.400. The molecule has 0 spiro atoms. The van der Waals surface area contributed by atoms with Crippen molar-refractivity contribution in [3.05, 3.63) is 28.8 Å². The van der Waals surface area contributed by atoms with E-state index in [1.54, 1.807) is 0 Å². The van der Waals surface area contributed by atoms with E-state index in [9.17, 15) is 13.2 Å². The molecule has 1 unspecified atom stereocenters. The predicted molar refractivity (Wildman–Crippen MR) is 55.9 cm³/mol. The molecule has 1 rings (SSSR count). The fourth-order valence-electron chi connectivity index (χ4n) is 1.35. The minimum Gasteiger partial charge on any atom is -0.495 e. The molecule has 0 aliphatic carbocycles. The summed E-state index contributed by atoms with van der Waals surface area (Å²) in [6.07, 6.45) is -4.37. The summed E-state index contributed by atoms with van der Waals surface area (Å²) >= 11 is 5.72. The van der Waals surface area contributed by atoms with Crippen molar-refractivity contribution in [1.29, 1.82) is 0 Å². The van der Waals surface area contributed by atoms with Gasteiger partial charge in [-0.3, -0.25) is 0 Å². The third kappa shape index (κ3) is 2.80. The van der Waals surface area contributed by atoms with Crippen LogP contribution in [0, 0.1) is 0 Å². The molecule has 0 radical (unpaired) electrons. The lowest BCUT2D eigenvalue weighted by atomic mass is 9.98. The molecule has 0 aliphatic rings. The van der Waals surface area contributed by atoms with E-state index in [1.165, 1.54) is 25.3 Å². The van der Waals surface area contributed by atoms with Gasteiger partial charge in [0.25, 0.3) is 0 Å². The Morgan fingerprint density at radius 2 is 2.06 bits per heavy atom. The van der Waals surface area contributed by atoms with Gasteiger partial charge in [0.05, 0.1) is 18.1 Å². The average molecular weight is 254 g/mol. The van der Waals surface area contributed by atoms with Crippen molar-refractivity contribution in [2.45, 2.75) is 12.1 Å². The summed E-state index contributed by atoms with van der Waals surface area (Å²) in [7, 11) is 1.34. The van der Waals surface area contributed by atoms with Crippen molar-refractivity contribution in [3.63, 3.8) is 0 Å². The molecule has 0 fully saturated rings. The smallest absolute Gasteiger partial charge is 0.396 e. The third-order valence-electron chi connectivity index (χ3n) is 2.21. The lowest BCUT2D eigenvalue weighted by Gasteiger charge is -2.19. The summed E-state index contributed by atoms with van der Waals surface area (Å²) in [5.41, 5.74) is 5.18. The van der Waals surface area contributed by atoms with Gasteiger partial charge in [0.15, 0.2) is 0 Å². The lowest BCUT2D eigenvalue weighted by molar-refractivity contribution is -0.148. The van der Waals surface area contributed by atoms with Crippen molar-refractivity contribution in [2.24, 2.45) is 5.73 Å². The highest BCUT2D eigenvalue weighted by molar-refractivity contribution is 6.32. The highest BCUT2D eigenvalue weighted by Gasteiger charge is 2.39. The second kappa shape index (κ2) is 4.93. The van der Waals surface area contributed by atoms with Crippen LogP contribution in [0.2, 0.25) is 5.02 Å². The molecular formula is C10H11ClF3NO. The number of halogens is 4. The number of alkyl halides is 3. The van der Waals surface area contributed by atoms with Crippen molar-refractivity contribution in [3.8, 4) is 5.75 Å². The van der Waals surface area contributed by atoms with Gasteiger partial charge in [0.2, 0.25) is 0 Å². The summed E-state index contributed by atoms with van der Waals surface area (Å²) in [5, 5.41) is 0.268. The highest BCUT2D eigenvalue weighted by Crippen LogP contribution is 2.36. The SMILES string of the molecule is COc1cc(C(CN)C(F)(F)F)ccc1Cl. The Labute approximate surface area is 96.1 Å². The average Bonchev–Trinajstić information content (AvgIpc) is 2.19. The van der Waals surface area contributed by atoms with Gasteiger partial charge in [-0.1, -0.05) is 17.7 Å². The van der Waals surface area contributed by atoms with Crippen LogP contribution in [0.4, 0.5) is 13.2 Å². The maximum atomic E-state index is 12.6. The van der Waals surface area contributed by atoms with Crippen LogP contribution in [-0.4, -0.2) is 19.8 Å². The van der Waals surface area contributed by atoms with E-state index >= 15 is 0 Å². The van der Waals surface area contributed by atoms with Gasteiger partial charge in [0, 0.05) is 6.54 Å². The van der Waals surface area contributed by atoms with E-state index < -0.39 is 18.6 Å². The molecule has 1 aromatic carbocycles. The van der Waals surface area contributed by atoms with Crippen LogP contribution in [0.5, 0.6) is 5.75 Å². The van der Waals surface area contributed by atoms with Crippen LogP contribution in [0.15, 0.2) is 18.2 Å². The molecule has 0 amide bonds. The lowest BCUT2D eigenvalue weighted by Crippen LogP contribution is -2.28. The quantitative estimate of drug-likeness (QED) is 0.899. The largest absolute Gasteiger partial charge is 0.495 e. The van der Waals surface area contributed by atoms with E-state index in [1.807, 2.05) is 0 Å². The topological polar surface area (TPSA) is 35.2 Å². The number of ether oxygens (including phenoxy) is 1. The van der Waals surface area contributed by atoms with E-state index in [4.69, 9.17) is 22.1 Å². The number of hydrogen-bond acceptors (Lipinski definition) is 2. The summed E-state index contributed by atoms with van der Waals surface area (Å²) in [6.45, 7) is -0.506. The molecule has 2 nitrogen and oxygen atoms in total. The zero-order chi connectivity index (χ0) is 12.3. The Morgan fingerprint density at radius 1 is 1.44 bits per heavy atom. The first-order valence-electron chi connectivity index (χ1n) is 4.50. The van der Waals surface area contributed by atoms with Gasteiger partial charge in [-0.2, -0.15) is 13.2 Å². The normalized spacial score (nSPS) is 13.6. The summed E-state index contributed by atoms with van der Waals surface area (Å²) in [5.74, 6) is -1.49. The van der Waals surface area contributed by atoms with Crippen LogP contribution >= 0.6 is 11.6 Å². The molecule has 1 aromatic rings. The Kier molecular flexibility index (Phi) is 4.04. The molecule has 0 saturated carbocycles. The minimum atomic E-state index is -4.37. The maximum Gasteiger partial charge on any atom is 0.396 e. The highest BCUT2D eigenvalue weighted by atomic mass is 35.5. The summed E-state index contributed by atoms with van der Waals surface area (Å²) in [4.78, 5) is 0. The van der Waals surface area contributed by atoms with Gasteiger partial charge in [-0.25, -0.2) is 0 Å². The van der Waals surface area contributed by atoms with Crippen LogP contribution in [0.3, 0.4) is 0 Å². The Balaban J connectivity index is 3.12. The van der Waals surface area contributed by atoms with Gasteiger partial charge in [0.1, 0.15) is 5.75 Å². The zero-order valence-electron chi connectivity index (χ0n) is 8.51. The third-order valence-corrected chi connectivity index (χ3v) is 2.52. The first-order chi connectivity index (χ1) is 7.40. The zero-order valence-corrected chi connectivity index (χ0v) is 9.27. The number of methoxy groups -OCH3 is 1. The van der Waals surface area contributed by atoms with E-state index in [-0.39, 0.29) is 16.3 Å². The van der Waals surface area contributed by atoms with E-state index in [0.717, 1.165) is 0 Å². The first kappa shape index (κ1) is 13.1. The van der Waals surface area contributed by atoms with Gasteiger partial charge in [-0.05, 0) is 17.7 Å². The van der Waals surface area contributed by atoms with Crippen LogP contribution in [0.1, 0.15) is 11.5 Å². The summed E-state index contributed by atoms with van der Waals surface area (Å²) < 4.78 is 42.6. The number of rotatable bonds is 3. The standard InChI is InChI=1S/C10H11ClF3NO/c1-16-9-4-6(2-3-8(9)11)7(5-15)10(12,13)14/h2-4,7H,5,15H2,1H3. The number of benzene rings is 1. The predicted octanol–water partition coefficient (Wildman–Crippen LogP) is 2.95. The van der Waals surface area contributed by atoms with Gasteiger partial charge >= 0.3 is 6.18 Å². The molecule has 90 valence electrons. The van der Waals surface area contributed by atoms with Crippen molar-refractivity contribution in [2.75, 3.05) is 13.7 Å². The molecule has 0 bridgehead atoms. The van der Waals surface area contributed by atoms with E-state index in [0.29, 0.717) is 0 Å². The van der Waals surface area contributed by atoms with Gasteiger partial charge in [-0.15, -0.1) is 0 Å². The number of hydrogen-bond donors (Lipinski definition) is 1. The summed E-state index contributed by atoms with van der Waals surface area (Å²) in [6, 6.07) is 3.92. The maximum absolute atomic E-state index is 12.6. The molecular weight excluding hydrogens is 243 g/mol. The van der Waals surface area contributed by atoms with E-state index in [2.05, 4.69) is 0 Å². The van der Waals surface area contributed by atoms with Crippen molar-refractivity contribution in [1.82, 2.24) is 0 Å². The molecule has 0 saturated heterocycles. The van der Waals surface area contributed by atoms with Crippen molar-refractivity contribution < 1.29 is 17.9 Å². The first-order valence-corrected chi connectivity index (χ1v) is 4.88. The Hall–Kier alpha value is -0.940. The molecule has 16 heavy (non-hydrogen) atoms. The Morgan fingerprint density at radius 3 is 2.50 bits per heavy atom. The van der Waals surface area contributed by atoms with Crippen LogP contribution in [-0.2, 0) is 0 Å². The van der Waals surface area contributed by atoms with Crippen molar-refractivity contribution >= 4 is 11.6 Å². The number of nitrogens with two attached hydrogens (primary N) is 1. The second-order valence-corrected chi connectivity index (χ2v) is 3.63. The molecule has 0 heterocycles. The minimum absolute atomic E-state index is 0.0521.